The molecule has 4 aromatic rings. The molecule has 4 aromatic carbocycles. The number of nitrogens with zero attached hydrogens (tertiary/aromatic N) is 2. The van der Waals surface area contributed by atoms with Crippen LogP contribution in [0.25, 0.3) is 6.08 Å². The van der Waals surface area contributed by atoms with Crippen molar-refractivity contribution in [1.29, 1.82) is 0 Å². The number of carbonyl (C=O) groups excluding carboxylic acids is 4. The number of ether oxygens (including phenoxy) is 4. The number of carbonyl (C=O) groups is 4. The van der Waals surface area contributed by atoms with E-state index >= 15 is 4.79 Å². The predicted octanol–water partition coefficient (Wildman–Crippen LogP) is 5.72. The first-order chi connectivity index (χ1) is 31.8. The Morgan fingerprint density at radius 1 is 0.909 bits per heavy atom. The van der Waals surface area contributed by atoms with Crippen LogP contribution in [0.4, 0.5) is 0 Å². The predicted molar refractivity (Wildman–Crippen MR) is 241 cm³/mol. The lowest BCUT2D eigenvalue weighted by atomic mass is 9.62. The smallest absolute Gasteiger partial charge is 0.327 e. The molecular weight excluding hydrogens is 843 g/mol. The molecule has 346 valence electrons. The number of fused-ring (bicyclic) bond motifs is 4. The van der Waals surface area contributed by atoms with E-state index in [1.54, 1.807) is 42.9 Å². The molecule has 14 heteroatoms. The maximum absolute atomic E-state index is 15.7. The minimum absolute atomic E-state index is 0.0175. The second-order valence-corrected chi connectivity index (χ2v) is 18.9. The summed E-state index contributed by atoms with van der Waals surface area (Å²) in [5, 5.41) is 24.9. The molecule has 3 N–H and O–H groups in total. The molecule has 2 bridgehead atoms. The van der Waals surface area contributed by atoms with E-state index in [0.717, 1.165) is 16.7 Å². The topological polar surface area (TPSA) is 173 Å². The molecule has 0 spiro atoms. The third kappa shape index (κ3) is 8.64. The van der Waals surface area contributed by atoms with Crippen LogP contribution in [0.1, 0.15) is 80.7 Å². The van der Waals surface area contributed by atoms with E-state index in [0.29, 0.717) is 30.4 Å². The van der Waals surface area contributed by atoms with E-state index in [-0.39, 0.29) is 38.1 Å². The molecule has 14 nitrogen and oxygen atoms in total. The number of nitrogens with one attached hydrogen (secondary N) is 1. The summed E-state index contributed by atoms with van der Waals surface area (Å²) in [4.78, 5) is 65.5. The van der Waals surface area contributed by atoms with Gasteiger partial charge in [0.1, 0.15) is 47.2 Å². The third-order valence-electron chi connectivity index (χ3n) is 13.3. The molecule has 9 rings (SSSR count). The fourth-order valence-corrected chi connectivity index (χ4v) is 10.3. The largest absolute Gasteiger partial charge is 0.508 e. The number of benzene rings is 4. The number of phenols is 1. The highest BCUT2D eigenvalue weighted by molar-refractivity contribution is 5.96. The van der Waals surface area contributed by atoms with Crippen LogP contribution >= 0.6 is 0 Å². The van der Waals surface area contributed by atoms with Crippen molar-refractivity contribution in [2.75, 3.05) is 13.2 Å². The highest BCUT2D eigenvalue weighted by Gasteiger charge is 2.77. The Morgan fingerprint density at radius 3 is 2.24 bits per heavy atom. The van der Waals surface area contributed by atoms with Crippen molar-refractivity contribution in [3.8, 4) is 5.75 Å². The summed E-state index contributed by atoms with van der Waals surface area (Å²) in [6.07, 6.45) is 1.94. The molecule has 1 aliphatic carbocycles. The summed E-state index contributed by atoms with van der Waals surface area (Å²) in [5.74, 6) is -3.15. The fourth-order valence-electron chi connectivity index (χ4n) is 10.3. The summed E-state index contributed by atoms with van der Waals surface area (Å²) in [6, 6.07) is 31.2. The van der Waals surface area contributed by atoms with Crippen LogP contribution in [0, 0.1) is 5.41 Å². The van der Waals surface area contributed by atoms with Gasteiger partial charge in [0.15, 0.2) is 6.04 Å². The van der Waals surface area contributed by atoms with Crippen molar-refractivity contribution in [2.24, 2.45) is 5.41 Å². The van der Waals surface area contributed by atoms with Gasteiger partial charge in [-0.15, -0.1) is 0 Å². The van der Waals surface area contributed by atoms with Gasteiger partial charge in [-0.3, -0.25) is 24.0 Å². The number of hydrogen-bond donors (Lipinski definition) is 3. The molecule has 8 unspecified atom stereocenters. The second-order valence-electron chi connectivity index (χ2n) is 18.9. The van der Waals surface area contributed by atoms with Gasteiger partial charge in [-0.05, 0) is 69.2 Å². The monoisotopic (exact) mass is 899 g/mol. The zero-order valence-electron chi connectivity index (χ0n) is 37.4. The van der Waals surface area contributed by atoms with Crippen LogP contribution in [-0.2, 0) is 61.7 Å². The summed E-state index contributed by atoms with van der Waals surface area (Å²) in [6.45, 7) is 5.27. The maximum Gasteiger partial charge on any atom is 0.327 e. The van der Waals surface area contributed by atoms with Crippen molar-refractivity contribution in [3.05, 3.63) is 143 Å². The minimum Gasteiger partial charge on any atom is -0.508 e. The van der Waals surface area contributed by atoms with Crippen molar-refractivity contribution in [2.45, 2.75) is 120 Å². The first-order valence-electron chi connectivity index (χ1n) is 22.9. The lowest BCUT2D eigenvalue weighted by molar-refractivity contribution is -0.214. The molecule has 66 heavy (non-hydrogen) atoms. The van der Waals surface area contributed by atoms with Crippen LogP contribution in [0.5, 0.6) is 5.75 Å². The number of allylic oxidation sites excluding steroid dienone is 1. The van der Waals surface area contributed by atoms with E-state index < -0.39 is 89.7 Å². The van der Waals surface area contributed by atoms with Crippen LogP contribution in [0.2, 0.25) is 0 Å². The molecule has 5 fully saturated rings. The van der Waals surface area contributed by atoms with Gasteiger partial charge in [0.05, 0.1) is 19.2 Å². The SMILES string of the molecule is CC(C)(C)OC(=O)CCC(CO)NC(=O)C1CCCN1C(=O)C12CC3OC(=O)C1N(Cc1ccc(C=CCc4ccccc4O)cc1)OC2C1OC(c2ccccc2)(c2ccccc2)OC31. The van der Waals surface area contributed by atoms with E-state index in [2.05, 4.69) is 5.32 Å². The number of amides is 2. The standard InChI is InChI=1S/C52H57N3O11/c1-50(2,3)63-42(58)28-27-38(32-56)53-47(59)39-21-13-29-54(39)49(61)51-30-41-43-44(65-52(64-43,36-17-6-4-7-18-36)37-19-8-5-9-20-37)46(51)66-55(45(51)48(60)62-41)31-34-25-23-33(24-26-34)14-12-16-35-15-10-11-22-40(35)57/h4-12,14-15,17-20,22-26,38-39,41,43-46,56-57H,13,16,21,27-32H2,1-3H3,(H,53,59). The molecule has 5 aliphatic rings. The molecule has 0 aromatic heterocycles. The van der Waals surface area contributed by atoms with E-state index in [1.165, 1.54) is 0 Å². The number of aliphatic hydroxyl groups excluding tert-OH is 1. The van der Waals surface area contributed by atoms with Gasteiger partial charge in [-0.2, -0.15) is 5.06 Å². The van der Waals surface area contributed by atoms with Crippen molar-refractivity contribution < 1.29 is 53.2 Å². The van der Waals surface area contributed by atoms with Gasteiger partial charge >= 0.3 is 11.9 Å². The lowest BCUT2D eigenvalue weighted by Gasteiger charge is -2.50. The van der Waals surface area contributed by atoms with Gasteiger partial charge in [0, 0.05) is 30.5 Å². The number of esters is 2. The average molecular weight is 900 g/mol. The van der Waals surface area contributed by atoms with Gasteiger partial charge in [0.25, 0.3) is 0 Å². The highest BCUT2D eigenvalue weighted by Crippen LogP contribution is 2.60. The average Bonchev–Trinajstić information content (AvgIpc) is 4.06. The Labute approximate surface area is 384 Å². The zero-order chi connectivity index (χ0) is 46.2. The molecule has 0 radical (unpaired) electrons. The molecule has 2 amide bonds. The summed E-state index contributed by atoms with van der Waals surface area (Å²) >= 11 is 0. The minimum atomic E-state index is -1.55. The number of para-hydroxylation sites is 1. The Morgan fingerprint density at radius 2 is 1.58 bits per heavy atom. The maximum atomic E-state index is 15.7. The number of hydrogen-bond acceptors (Lipinski definition) is 12. The van der Waals surface area contributed by atoms with Gasteiger partial charge in [0.2, 0.25) is 17.6 Å². The van der Waals surface area contributed by atoms with Gasteiger partial charge in [-0.1, -0.05) is 115 Å². The van der Waals surface area contributed by atoms with Crippen LogP contribution in [0.15, 0.2) is 115 Å². The van der Waals surface area contributed by atoms with Crippen molar-refractivity contribution >= 4 is 29.8 Å². The van der Waals surface area contributed by atoms with E-state index in [1.807, 2.05) is 109 Å². The van der Waals surface area contributed by atoms with E-state index in [9.17, 15) is 24.6 Å². The fraction of sp³-hybridized carbons (Fsp3) is 0.423. The molecule has 4 aliphatic heterocycles. The Kier molecular flexibility index (Phi) is 12.6. The van der Waals surface area contributed by atoms with Crippen molar-refractivity contribution in [3.63, 3.8) is 0 Å². The summed E-state index contributed by atoms with van der Waals surface area (Å²) < 4.78 is 25.9. The van der Waals surface area contributed by atoms with Crippen LogP contribution < -0.4 is 5.32 Å². The quantitative estimate of drug-likeness (QED) is 0.132. The van der Waals surface area contributed by atoms with Crippen molar-refractivity contribution in [1.82, 2.24) is 15.3 Å². The number of aromatic hydroxyl groups is 1. The van der Waals surface area contributed by atoms with E-state index in [4.69, 9.17) is 23.8 Å². The molecule has 8 atom stereocenters. The number of aliphatic hydroxyl groups is 1. The Hall–Kier alpha value is -5.90. The molecule has 1 saturated carbocycles. The number of rotatable bonds is 14. The van der Waals surface area contributed by atoms with Crippen LogP contribution in [0.3, 0.4) is 0 Å². The third-order valence-corrected chi connectivity index (χ3v) is 13.3. The van der Waals surface area contributed by atoms with Crippen LogP contribution in [-0.4, -0.2) is 105 Å². The summed E-state index contributed by atoms with van der Waals surface area (Å²) in [5.41, 5.74) is 1.77. The number of phenolic OH excluding ortho intramolecular Hbond substituents is 1. The first-order valence-corrected chi connectivity index (χ1v) is 22.9. The summed E-state index contributed by atoms with van der Waals surface area (Å²) in [7, 11) is 0. The lowest BCUT2D eigenvalue weighted by Crippen LogP contribution is -2.70. The first kappa shape index (κ1) is 45.3. The number of hydroxylamine groups is 2. The normalized spacial score (nSPS) is 27.0. The Bertz CT molecular complexity index is 2400. The molecular formula is C52H57N3O11. The zero-order valence-corrected chi connectivity index (χ0v) is 37.4. The Balaban J connectivity index is 1.02. The molecule has 4 heterocycles. The van der Waals surface area contributed by atoms with Gasteiger partial charge in [-0.25, -0.2) is 0 Å². The van der Waals surface area contributed by atoms with Gasteiger partial charge < -0.3 is 39.4 Å². The highest BCUT2D eigenvalue weighted by atomic mass is 16.8. The number of likely N-dealkylation sites (tertiary alicyclic amines) is 1. The molecule has 4 saturated heterocycles. The second kappa shape index (κ2) is 18.4.